The van der Waals surface area contributed by atoms with E-state index in [-0.39, 0.29) is 12.0 Å². The van der Waals surface area contributed by atoms with Gasteiger partial charge < -0.3 is 14.2 Å². The number of aryl methyl sites for hydroxylation is 3. The monoisotopic (exact) mass is 314 g/mol. The molecule has 3 rings (SSSR count). The molecule has 23 heavy (non-hydrogen) atoms. The highest BCUT2D eigenvalue weighted by atomic mass is 16.5. The van der Waals surface area contributed by atoms with Gasteiger partial charge in [-0.2, -0.15) is 0 Å². The molecular formula is C18H22N2O3. The minimum Gasteiger partial charge on any atom is -0.375 e. The molecular weight excluding hydrogens is 292 g/mol. The van der Waals surface area contributed by atoms with E-state index in [2.05, 4.69) is 17.3 Å². The number of hydrogen-bond donors (Lipinski definition) is 0. The van der Waals surface area contributed by atoms with Crippen molar-refractivity contribution in [1.29, 1.82) is 0 Å². The molecule has 1 aliphatic rings. The number of hydrogen-bond acceptors (Lipinski definition) is 4. The van der Waals surface area contributed by atoms with Gasteiger partial charge in [-0.15, -0.1) is 0 Å². The fraction of sp³-hybridized carbons (Fsp3) is 0.444. The first kappa shape index (κ1) is 15.7. The Morgan fingerprint density at radius 1 is 1.30 bits per heavy atom. The molecule has 1 aromatic heterocycles. The molecule has 1 aromatic carbocycles. The second-order valence-electron chi connectivity index (χ2n) is 5.97. The zero-order valence-corrected chi connectivity index (χ0v) is 13.6. The fourth-order valence-corrected chi connectivity index (χ4v) is 3.00. The number of rotatable bonds is 4. The third-order valence-corrected chi connectivity index (χ3v) is 4.27. The summed E-state index contributed by atoms with van der Waals surface area (Å²) in [7, 11) is 0. The van der Waals surface area contributed by atoms with Crippen molar-refractivity contribution in [3.8, 4) is 0 Å². The van der Waals surface area contributed by atoms with Crippen LogP contribution in [0.15, 0.2) is 34.9 Å². The molecule has 1 atom stereocenters. The molecule has 1 amide bonds. The summed E-state index contributed by atoms with van der Waals surface area (Å²) in [5, 5.41) is 3.87. The maximum Gasteiger partial charge on any atom is 0.259 e. The Morgan fingerprint density at radius 3 is 2.78 bits per heavy atom. The molecule has 0 unspecified atom stereocenters. The Hall–Kier alpha value is -2.14. The van der Waals surface area contributed by atoms with Crippen LogP contribution in [0.4, 0.5) is 0 Å². The molecule has 5 heteroatoms. The predicted molar refractivity (Wildman–Crippen MR) is 86.4 cm³/mol. The van der Waals surface area contributed by atoms with Crippen molar-refractivity contribution in [3.63, 3.8) is 0 Å². The third kappa shape index (κ3) is 3.62. The van der Waals surface area contributed by atoms with Gasteiger partial charge in [0.2, 0.25) is 0 Å². The Balaban J connectivity index is 1.61. The van der Waals surface area contributed by atoms with E-state index >= 15 is 0 Å². The Bertz CT molecular complexity index is 647. The summed E-state index contributed by atoms with van der Waals surface area (Å²) in [6.07, 6.45) is 1.95. The van der Waals surface area contributed by atoms with Crippen molar-refractivity contribution in [1.82, 2.24) is 10.1 Å². The van der Waals surface area contributed by atoms with E-state index in [1.165, 1.54) is 5.56 Å². The van der Waals surface area contributed by atoms with Gasteiger partial charge in [-0.3, -0.25) is 4.79 Å². The molecule has 0 radical (unpaired) electrons. The molecule has 5 nitrogen and oxygen atoms in total. The zero-order chi connectivity index (χ0) is 16.2. The lowest BCUT2D eigenvalue weighted by molar-refractivity contribution is -0.0246. The lowest BCUT2D eigenvalue weighted by atomic mass is 10.1. The molecule has 2 aromatic rings. The molecule has 0 spiro atoms. The number of carbonyl (C=O) groups excluding carboxylic acids is 1. The van der Waals surface area contributed by atoms with Crippen molar-refractivity contribution in [3.05, 3.63) is 52.9 Å². The van der Waals surface area contributed by atoms with Crippen molar-refractivity contribution < 1.29 is 14.1 Å². The lowest BCUT2D eigenvalue weighted by Crippen LogP contribution is -2.46. The van der Waals surface area contributed by atoms with E-state index in [0.717, 1.165) is 12.8 Å². The highest BCUT2D eigenvalue weighted by molar-refractivity contribution is 5.96. The number of carbonyl (C=O) groups is 1. The van der Waals surface area contributed by atoms with Gasteiger partial charge in [0.25, 0.3) is 5.91 Å². The van der Waals surface area contributed by atoms with Crippen LogP contribution in [0.2, 0.25) is 0 Å². The van der Waals surface area contributed by atoms with Gasteiger partial charge in [-0.05, 0) is 32.3 Å². The van der Waals surface area contributed by atoms with Crippen LogP contribution >= 0.6 is 0 Å². The summed E-state index contributed by atoms with van der Waals surface area (Å²) in [5.74, 6) is 0.578. The summed E-state index contributed by atoms with van der Waals surface area (Å²) >= 11 is 0. The molecule has 122 valence electrons. The first-order valence-electron chi connectivity index (χ1n) is 8.03. The van der Waals surface area contributed by atoms with Crippen LogP contribution in [0.3, 0.4) is 0 Å². The predicted octanol–water partition coefficient (Wildman–Crippen LogP) is 2.77. The minimum atomic E-state index is -0.00531. The molecule has 2 heterocycles. The Kier molecular flexibility index (Phi) is 4.76. The molecule has 1 fully saturated rings. The van der Waals surface area contributed by atoms with Crippen molar-refractivity contribution in [2.75, 3.05) is 19.7 Å². The van der Waals surface area contributed by atoms with E-state index in [1.54, 1.807) is 13.8 Å². The van der Waals surface area contributed by atoms with Gasteiger partial charge in [0.1, 0.15) is 11.3 Å². The zero-order valence-electron chi connectivity index (χ0n) is 13.6. The highest BCUT2D eigenvalue weighted by Crippen LogP contribution is 2.19. The summed E-state index contributed by atoms with van der Waals surface area (Å²) in [6, 6.07) is 10.4. The third-order valence-electron chi connectivity index (χ3n) is 4.27. The number of aromatic nitrogens is 1. The average Bonchev–Trinajstić information content (AvgIpc) is 2.92. The molecule has 1 saturated heterocycles. The molecule has 0 saturated carbocycles. The van der Waals surface area contributed by atoms with Crippen molar-refractivity contribution >= 4 is 5.91 Å². The maximum atomic E-state index is 12.7. The molecule has 0 aliphatic carbocycles. The normalized spacial score (nSPS) is 18.2. The number of nitrogens with zero attached hydrogens (tertiary/aromatic N) is 2. The first-order valence-corrected chi connectivity index (χ1v) is 8.03. The first-order chi connectivity index (χ1) is 11.1. The SMILES string of the molecule is Cc1noc(C)c1C(=O)N1CCO[C@@H](CCc2ccccc2)C1. The van der Waals surface area contributed by atoms with Gasteiger partial charge in [0, 0.05) is 13.1 Å². The van der Waals surface area contributed by atoms with Crippen LogP contribution in [0.25, 0.3) is 0 Å². The van der Waals surface area contributed by atoms with Crippen LogP contribution in [-0.4, -0.2) is 41.8 Å². The highest BCUT2D eigenvalue weighted by Gasteiger charge is 2.28. The average molecular weight is 314 g/mol. The summed E-state index contributed by atoms with van der Waals surface area (Å²) < 4.78 is 10.9. The van der Waals surface area contributed by atoms with Gasteiger partial charge in [-0.25, -0.2) is 0 Å². The number of benzene rings is 1. The number of ether oxygens (including phenoxy) is 1. The van der Waals surface area contributed by atoms with Gasteiger partial charge in [0.15, 0.2) is 0 Å². The van der Waals surface area contributed by atoms with Gasteiger partial charge in [-0.1, -0.05) is 35.5 Å². The van der Waals surface area contributed by atoms with E-state index in [0.29, 0.717) is 36.7 Å². The van der Waals surface area contributed by atoms with Crippen molar-refractivity contribution in [2.45, 2.75) is 32.8 Å². The quantitative estimate of drug-likeness (QED) is 0.871. The minimum absolute atomic E-state index is 0.00531. The van der Waals surface area contributed by atoms with E-state index in [4.69, 9.17) is 9.26 Å². The number of morpholine rings is 1. The summed E-state index contributed by atoms with van der Waals surface area (Å²) in [5.41, 5.74) is 2.54. The van der Waals surface area contributed by atoms with Gasteiger partial charge in [0.05, 0.1) is 18.4 Å². The molecule has 1 aliphatic heterocycles. The largest absolute Gasteiger partial charge is 0.375 e. The van der Waals surface area contributed by atoms with Gasteiger partial charge >= 0.3 is 0 Å². The maximum absolute atomic E-state index is 12.7. The molecule has 0 N–H and O–H groups in total. The smallest absolute Gasteiger partial charge is 0.259 e. The topological polar surface area (TPSA) is 55.6 Å². The van der Waals surface area contributed by atoms with E-state index in [1.807, 2.05) is 23.1 Å². The fourth-order valence-electron chi connectivity index (χ4n) is 3.00. The van der Waals surface area contributed by atoms with Crippen LogP contribution in [-0.2, 0) is 11.2 Å². The van der Waals surface area contributed by atoms with Crippen LogP contribution < -0.4 is 0 Å². The summed E-state index contributed by atoms with van der Waals surface area (Å²) in [6.45, 7) is 5.40. The van der Waals surface area contributed by atoms with Crippen molar-refractivity contribution in [2.24, 2.45) is 0 Å². The van der Waals surface area contributed by atoms with Crippen LogP contribution in [0, 0.1) is 13.8 Å². The second-order valence-corrected chi connectivity index (χ2v) is 5.97. The Labute approximate surface area is 136 Å². The number of amides is 1. The van der Waals surface area contributed by atoms with Crippen LogP contribution in [0.5, 0.6) is 0 Å². The van der Waals surface area contributed by atoms with Crippen LogP contribution in [0.1, 0.15) is 33.8 Å². The van der Waals surface area contributed by atoms with E-state index in [9.17, 15) is 4.79 Å². The summed E-state index contributed by atoms with van der Waals surface area (Å²) in [4.78, 5) is 14.5. The molecule has 0 bridgehead atoms. The lowest BCUT2D eigenvalue weighted by Gasteiger charge is -2.33. The Morgan fingerprint density at radius 2 is 2.09 bits per heavy atom. The standard InChI is InChI=1S/C18H22N2O3/c1-13-17(14(2)23-19-13)18(21)20-10-11-22-16(12-20)9-8-15-6-4-3-5-7-15/h3-7,16H,8-12H2,1-2H3/t16-/m0/s1. The second kappa shape index (κ2) is 6.96. The van der Waals surface area contributed by atoms with E-state index < -0.39 is 0 Å².